The highest BCUT2D eigenvalue weighted by Gasteiger charge is 2.22. The van der Waals surface area contributed by atoms with Crippen molar-refractivity contribution in [2.45, 2.75) is 19.8 Å². The first-order chi connectivity index (χ1) is 11.7. The molecule has 0 N–H and O–H groups in total. The van der Waals surface area contributed by atoms with E-state index in [1.807, 2.05) is 30.0 Å². The summed E-state index contributed by atoms with van der Waals surface area (Å²) in [6.45, 7) is 5.24. The minimum atomic E-state index is -0.00807. The number of anilines is 1. The number of amides is 1. The maximum absolute atomic E-state index is 12.6. The summed E-state index contributed by atoms with van der Waals surface area (Å²) in [5.41, 5.74) is 1.16. The molecule has 128 valence electrons. The summed E-state index contributed by atoms with van der Waals surface area (Å²) in [5, 5.41) is 0. The SMILES string of the molecule is CCc1ccc(C(=O)N2CCCN(c3ccc(OC)cc3)CC2)o1. The number of methoxy groups -OCH3 is 1. The molecule has 0 atom stereocenters. The maximum Gasteiger partial charge on any atom is 0.289 e. The Bertz CT molecular complexity index is 678. The molecule has 1 saturated heterocycles. The van der Waals surface area contributed by atoms with Crippen LogP contribution < -0.4 is 9.64 Å². The Morgan fingerprint density at radius 2 is 1.88 bits per heavy atom. The molecule has 0 spiro atoms. The quantitative estimate of drug-likeness (QED) is 0.865. The first-order valence-corrected chi connectivity index (χ1v) is 8.48. The molecule has 1 fully saturated rings. The van der Waals surface area contributed by atoms with Gasteiger partial charge in [-0.25, -0.2) is 0 Å². The average molecular weight is 328 g/mol. The van der Waals surface area contributed by atoms with Crippen LogP contribution in [0.4, 0.5) is 5.69 Å². The third kappa shape index (κ3) is 3.55. The Balaban J connectivity index is 1.64. The number of carbonyl (C=O) groups excluding carboxylic acids is 1. The summed E-state index contributed by atoms with van der Waals surface area (Å²) in [4.78, 5) is 16.8. The molecule has 2 heterocycles. The average Bonchev–Trinajstić information content (AvgIpc) is 2.98. The molecule has 0 aliphatic carbocycles. The van der Waals surface area contributed by atoms with Gasteiger partial charge in [-0.3, -0.25) is 4.79 Å². The Morgan fingerprint density at radius 3 is 2.54 bits per heavy atom. The number of hydrogen-bond donors (Lipinski definition) is 0. The van der Waals surface area contributed by atoms with E-state index in [2.05, 4.69) is 17.0 Å². The normalized spacial score (nSPS) is 15.2. The van der Waals surface area contributed by atoms with Crippen LogP contribution in [0, 0.1) is 0 Å². The van der Waals surface area contributed by atoms with Gasteiger partial charge in [0, 0.05) is 38.3 Å². The van der Waals surface area contributed by atoms with Crippen molar-refractivity contribution in [2.75, 3.05) is 38.2 Å². The van der Waals surface area contributed by atoms with E-state index >= 15 is 0 Å². The van der Waals surface area contributed by atoms with Gasteiger partial charge in [0.25, 0.3) is 5.91 Å². The molecule has 1 amide bonds. The molecule has 1 aliphatic rings. The number of nitrogens with zero attached hydrogens (tertiary/aromatic N) is 2. The molecule has 1 aromatic heterocycles. The number of carbonyl (C=O) groups is 1. The van der Waals surface area contributed by atoms with Crippen molar-refractivity contribution in [1.29, 1.82) is 0 Å². The Morgan fingerprint density at radius 1 is 1.08 bits per heavy atom. The van der Waals surface area contributed by atoms with Crippen molar-refractivity contribution in [3.05, 3.63) is 47.9 Å². The molecular formula is C19H24N2O3. The second-order valence-electron chi connectivity index (χ2n) is 5.95. The monoisotopic (exact) mass is 328 g/mol. The minimum absolute atomic E-state index is 0.00807. The van der Waals surface area contributed by atoms with E-state index in [9.17, 15) is 4.79 Å². The third-order valence-corrected chi connectivity index (χ3v) is 4.44. The Labute approximate surface area is 142 Å². The molecule has 5 heteroatoms. The van der Waals surface area contributed by atoms with Crippen molar-refractivity contribution in [3.63, 3.8) is 0 Å². The first kappa shape index (κ1) is 16.4. The van der Waals surface area contributed by atoms with Crippen molar-refractivity contribution in [3.8, 4) is 5.75 Å². The fourth-order valence-electron chi connectivity index (χ4n) is 3.01. The molecule has 24 heavy (non-hydrogen) atoms. The maximum atomic E-state index is 12.6. The summed E-state index contributed by atoms with van der Waals surface area (Å²) < 4.78 is 10.8. The molecule has 1 aliphatic heterocycles. The van der Waals surface area contributed by atoms with Crippen LogP contribution in [0.1, 0.15) is 29.7 Å². The van der Waals surface area contributed by atoms with Crippen LogP contribution >= 0.6 is 0 Å². The number of rotatable bonds is 4. The second-order valence-corrected chi connectivity index (χ2v) is 5.95. The molecule has 0 saturated carbocycles. The zero-order valence-electron chi connectivity index (χ0n) is 14.3. The molecule has 5 nitrogen and oxygen atoms in total. The van der Waals surface area contributed by atoms with Gasteiger partial charge < -0.3 is 19.0 Å². The van der Waals surface area contributed by atoms with Gasteiger partial charge in [-0.2, -0.15) is 0 Å². The standard InChI is InChI=1S/C19H24N2O3/c1-3-16-9-10-18(24-16)19(22)21-12-4-11-20(13-14-21)15-5-7-17(23-2)8-6-15/h5-10H,3-4,11-14H2,1-2H3. The van der Waals surface area contributed by atoms with Crippen LogP contribution in [0.25, 0.3) is 0 Å². The second kappa shape index (κ2) is 7.43. The van der Waals surface area contributed by atoms with E-state index in [4.69, 9.17) is 9.15 Å². The Kier molecular flexibility index (Phi) is 5.08. The van der Waals surface area contributed by atoms with E-state index in [1.54, 1.807) is 13.2 Å². The number of hydrogen-bond acceptors (Lipinski definition) is 4. The van der Waals surface area contributed by atoms with Gasteiger partial charge in [-0.15, -0.1) is 0 Å². The van der Waals surface area contributed by atoms with Gasteiger partial charge in [0.1, 0.15) is 11.5 Å². The molecule has 0 bridgehead atoms. The fraction of sp³-hybridized carbons (Fsp3) is 0.421. The number of furan rings is 1. The predicted octanol–water partition coefficient (Wildman–Crippen LogP) is 3.20. The summed E-state index contributed by atoms with van der Waals surface area (Å²) in [6, 6.07) is 11.7. The highest BCUT2D eigenvalue weighted by Crippen LogP contribution is 2.21. The van der Waals surface area contributed by atoms with Gasteiger partial charge in [0.05, 0.1) is 7.11 Å². The van der Waals surface area contributed by atoms with E-state index < -0.39 is 0 Å². The highest BCUT2D eigenvalue weighted by atomic mass is 16.5. The van der Waals surface area contributed by atoms with Gasteiger partial charge in [0.2, 0.25) is 0 Å². The van der Waals surface area contributed by atoms with E-state index in [1.165, 1.54) is 0 Å². The summed E-state index contributed by atoms with van der Waals surface area (Å²) in [6.07, 6.45) is 1.75. The van der Waals surface area contributed by atoms with E-state index in [0.29, 0.717) is 12.3 Å². The van der Waals surface area contributed by atoms with Gasteiger partial charge in [0.15, 0.2) is 5.76 Å². The lowest BCUT2D eigenvalue weighted by Gasteiger charge is -2.23. The molecule has 0 unspecified atom stereocenters. The summed E-state index contributed by atoms with van der Waals surface area (Å²) >= 11 is 0. The van der Waals surface area contributed by atoms with Gasteiger partial charge in [-0.1, -0.05) is 6.92 Å². The number of benzene rings is 1. The summed E-state index contributed by atoms with van der Waals surface area (Å²) in [7, 11) is 1.67. The molecule has 3 rings (SSSR count). The number of aryl methyl sites for hydroxylation is 1. The van der Waals surface area contributed by atoms with Gasteiger partial charge in [-0.05, 0) is 42.8 Å². The van der Waals surface area contributed by atoms with Crippen molar-refractivity contribution in [2.24, 2.45) is 0 Å². The lowest BCUT2D eigenvalue weighted by atomic mass is 10.2. The van der Waals surface area contributed by atoms with E-state index in [0.717, 1.165) is 49.7 Å². The Hall–Kier alpha value is -2.43. The van der Waals surface area contributed by atoms with Crippen LogP contribution in [-0.2, 0) is 6.42 Å². The zero-order valence-corrected chi connectivity index (χ0v) is 14.3. The lowest BCUT2D eigenvalue weighted by Crippen LogP contribution is -2.35. The lowest BCUT2D eigenvalue weighted by molar-refractivity contribution is 0.0733. The van der Waals surface area contributed by atoms with Crippen LogP contribution in [0.5, 0.6) is 5.75 Å². The molecular weight excluding hydrogens is 304 g/mol. The van der Waals surface area contributed by atoms with Crippen LogP contribution in [0.3, 0.4) is 0 Å². The molecule has 0 radical (unpaired) electrons. The predicted molar refractivity (Wildman–Crippen MR) is 93.8 cm³/mol. The van der Waals surface area contributed by atoms with Crippen LogP contribution in [-0.4, -0.2) is 44.1 Å². The van der Waals surface area contributed by atoms with Crippen molar-refractivity contribution < 1.29 is 13.9 Å². The fourth-order valence-corrected chi connectivity index (χ4v) is 3.01. The third-order valence-electron chi connectivity index (χ3n) is 4.44. The molecule has 1 aromatic carbocycles. The topological polar surface area (TPSA) is 45.9 Å². The largest absolute Gasteiger partial charge is 0.497 e. The van der Waals surface area contributed by atoms with Crippen molar-refractivity contribution in [1.82, 2.24) is 4.90 Å². The van der Waals surface area contributed by atoms with Gasteiger partial charge >= 0.3 is 0 Å². The number of ether oxygens (including phenoxy) is 1. The zero-order chi connectivity index (χ0) is 16.9. The highest BCUT2D eigenvalue weighted by molar-refractivity contribution is 5.91. The smallest absolute Gasteiger partial charge is 0.289 e. The van der Waals surface area contributed by atoms with Crippen molar-refractivity contribution >= 4 is 11.6 Å². The first-order valence-electron chi connectivity index (χ1n) is 8.48. The van der Waals surface area contributed by atoms with Crippen LogP contribution in [0.15, 0.2) is 40.8 Å². The van der Waals surface area contributed by atoms with Crippen LogP contribution in [0.2, 0.25) is 0 Å². The minimum Gasteiger partial charge on any atom is -0.497 e. The summed E-state index contributed by atoms with van der Waals surface area (Å²) in [5.74, 6) is 2.15. The van der Waals surface area contributed by atoms with E-state index in [-0.39, 0.29) is 5.91 Å². The molecule has 2 aromatic rings.